The van der Waals surface area contributed by atoms with Crippen molar-refractivity contribution in [2.24, 2.45) is 0 Å². The van der Waals surface area contributed by atoms with Crippen LogP contribution in [-0.2, 0) is 0 Å². The Balaban J connectivity index is 2.24. The largest absolute Gasteiger partial charge is 0.321 e. The Kier molecular flexibility index (Phi) is 3.41. The average Bonchev–Trinajstić information content (AvgIpc) is 2.74. The molecule has 0 radical (unpaired) electrons. The molecule has 0 saturated heterocycles. The van der Waals surface area contributed by atoms with Gasteiger partial charge in [-0.3, -0.25) is 4.79 Å². The summed E-state index contributed by atoms with van der Waals surface area (Å²) >= 11 is 4.92. The van der Waals surface area contributed by atoms with Crippen LogP contribution in [0.3, 0.4) is 0 Å². The maximum Gasteiger partial charge on any atom is 0.255 e. The molecule has 0 bridgehead atoms. The summed E-state index contributed by atoms with van der Waals surface area (Å²) in [4.78, 5) is 12.0. The Bertz CT molecular complexity index is 508. The zero-order valence-electron chi connectivity index (χ0n) is 8.66. The van der Waals surface area contributed by atoms with Crippen molar-refractivity contribution in [2.45, 2.75) is 6.92 Å². The third-order valence-electron chi connectivity index (χ3n) is 2.22. The quantitative estimate of drug-likeness (QED) is 0.889. The fourth-order valence-corrected chi connectivity index (χ4v) is 2.32. The molecule has 0 atom stereocenters. The molecule has 1 heterocycles. The van der Waals surface area contributed by atoms with Crippen LogP contribution in [0, 0.1) is 6.92 Å². The number of hydrogen-bond donors (Lipinski definition) is 1. The first-order valence-corrected chi connectivity index (χ1v) is 6.50. The van der Waals surface area contributed by atoms with Gasteiger partial charge in [-0.2, -0.15) is 11.3 Å². The Hall–Kier alpha value is -1.13. The zero-order chi connectivity index (χ0) is 11.5. The number of aryl methyl sites for hydroxylation is 1. The summed E-state index contributed by atoms with van der Waals surface area (Å²) in [6, 6.07) is 7.57. The number of halogens is 1. The van der Waals surface area contributed by atoms with Gasteiger partial charge in [0, 0.05) is 15.4 Å². The second-order valence-electron chi connectivity index (χ2n) is 3.43. The smallest absolute Gasteiger partial charge is 0.255 e. The van der Waals surface area contributed by atoms with Gasteiger partial charge in [0.05, 0.1) is 5.69 Å². The minimum Gasteiger partial charge on any atom is -0.321 e. The number of rotatable bonds is 2. The first kappa shape index (κ1) is 11.4. The standard InChI is InChI=1S/C12H10BrNOS/c1-8-2-3-9(13)6-11(8)12(15)14-10-4-5-16-7-10/h2-7H,1H3,(H,14,15). The zero-order valence-corrected chi connectivity index (χ0v) is 11.1. The first-order chi connectivity index (χ1) is 7.66. The van der Waals surface area contributed by atoms with Gasteiger partial charge in [0.1, 0.15) is 0 Å². The number of amides is 1. The molecule has 16 heavy (non-hydrogen) atoms. The van der Waals surface area contributed by atoms with Gasteiger partial charge >= 0.3 is 0 Å². The summed E-state index contributed by atoms with van der Waals surface area (Å²) in [7, 11) is 0. The summed E-state index contributed by atoms with van der Waals surface area (Å²) in [5.41, 5.74) is 2.51. The lowest BCUT2D eigenvalue weighted by atomic mass is 10.1. The topological polar surface area (TPSA) is 29.1 Å². The van der Waals surface area contributed by atoms with Gasteiger partial charge in [-0.15, -0.1) is 0 Å². The predicted molar refractivity (Wildman–Crippen MR) is 71.2 cm³/mol. The van der Waals surface area contributed by atoms with E-state index in [0.29, 0.717) is 5.56 Å². The SMILES string of the molecule is Cc1ccc(Br)cc1C(=O)Nc1ccsc1. The van der Waals surface area contributed by atoms with Crippen molar-refractivity contribution < 1.29 is 4.79 Å². The van der Waals surface area contributed by atoms with Crippen LogP contribution in [0.4, 0.5) is 5.69 Å². The van der Waals surface area contributed by atoms with Crippen molar-refractivity contribution in [3.63, 3.8) is 0 Å². The maximum absolute atomic E-state index is 12.0. The summed E-state index contributed by atoms with van der Waals surface area (Å²) in [5.74, 6) is -0.0720. The number of carbonyl (C=O) groups is 1. The van der Waals surface area contributed by atoms with Gasteiger partial charge < -0.3 is 5.32 Å². The van der Waals surface area contributed by atoms with E-state index in [2.05, 4.69) is 21.2 Å². The van der Waals surface area contributed by atoms with Gasteiger partial charge in [-0.05, 0) is 36.1 Å². The van der Waals surface area contributed by atoms with E-state index in [9.17, 15) is 4.79 Å². The summed E-state index contributed by atoms with van der Waals surface area (Å²) < 4.78 is 0.911. The molecule has 0 aliphatic carbocycles. The second-order valence-corrected chi connectivity index (χ2v) is 5.12. The lowest BCUT2D eigenvalue weighted by molar-refractivity contribution is 0.102. The van der Waals surface area contributed by atoms with Gasteiger partial charge in [0.2, 0.25) is 0 Å². The van der Waals surface area contributed by atoms with Crippen LogP contribution in [0.15, 0.2) is 39.5 Å². The van der Waals surface area contributed by atoms with E-state index in [1.807, 2.05) is 41.9 Å². The summed E-state index contributed by atoms with van der Waals surface area (Å²) in [6.07, 6.45) is 0. The lowest BCUT2D eigenvalue weighted by Crippen LogP contribution is -2.12. The molecule has 1 amide bonds. The van der Waals surface area contributed by atoms with Crippen molar-refractivity contribution in [2.75, 3.05) is 5.32 Å². The number of carbonyl (C=O) groups excluding carboxylic acids is 1. The van der Waals surface area contributed by atoms with Crippen molar-refractivity contribution in [1.29, 1.82) is 0 Å². The van der Waals surface area contributed by atoms with Crippen LogP contribution in [0.1, 0.15) is 15.9 Å². The number of anilines is 1. The molecule has 0 spiro atoms. The van der Waals surface area contributed by atoms with Gasteiger partial charge in [-0.1, -0.05) is 22.0 Å². The minimum atomic E-state index is -0.0720. The fraction of sp³-hybridized carbons (Fsp3) is 0.0833. The van der Waals surface area contributed by atoms with Crippen LogP contribution >= 0.6 is 27.3 Å². The summed E-state index contributed by atoms with van der Waals surface area (Å²) in [6.45, 7) is 1.93. The van der Waals surface area contributed by atoms with E-state index in [0.717, 1.165) is 15.7 Å². The Labute approximate surface area is 106 Å². The Morgan fingerprint density at radius 2 is 2.19 bits per heavy atom. The molecule has 1 aromatic heterocycles. The van der Waals surface area contributed by atoms with E-state index < -0.39 is 0 Å². The Morgan fingerprint density at radius 3 is 2.88 bits per heavy atom. The molecule has 2 rings (SSSR count). The highest BCUT2D eigenvalue weighted by molar-refractivity contribution is 9.10. The summed E-state index contributed by atoms with van der Waals surface area (Å²) in [5, 5.41) is 6.70. The van der Waals surface area contributed by atoms with Crippen molar-refractivity contribution in [3.8, 4) is 0 Å². The highest BCUT2D eigenvalue weighted by Crippen LogP contribution is 2.18. The van der Waals surface area contributed by atoms with Crippen LogP contribution in [0.25, 0.3) is 0 Å². The van der Waals surface area contributed by atoms with Crippen LogP contribution in [0.2, 0.25) is 0 Å². The van der Waals surface area contributed by atoms with E-state index in [1.54, 1.807) is 11.3 Å². The predicted octanol–water partition coefficient (Wildman–Crippen LogP) is 4.07. The van der Waals surface area contributed by atoms with Crippen molar-refractivity contribution in [3.05, 3.63) is 50.6 Å². The number of thiophene rings is 1. The van der Waals surface area contributed by atoms with Gasteiger partial charge in [-0.25, -0.2) is 0 Å². The molecule has 1 N–H and O–H groups in total. The molecule has 0 aliphatic heterocycles. The molecule has 0 unspecified atom stereocenters. The Morgan fingerprint density at radius 1 is 1.38 bits per heavy atom. The van der Waals surface area contributed by atoms with Gasteiger partial charge in [0.25, 0.3) is 5.91 Å². The molecule has 1 aromatic carbocycles. The van der Waals surface area contributed by atoms with Crippen LogP contribution in [0.5, 0.6) is 0 Å². The molecule has 0 aliphatic rings. The molecule has 2 aromatic rings. The molecular weight excluding hydrogens is 286 g/mol. The first-order valence-electron chi connectivity index (χ1n) is 4.76. The third kappa shape index (κ3) is 2.51. The molecule has 82 valence electrons. The second kappa shape index (κ2) is 4.80. The number of benzene rings is 1. The van der Waals surface area contributed by atoms with E-state index in [4.69, 9.17) is 0 Å². The van der Waals surface area contributed by atoms with Crippen LogP contribution < -0.4 is 5.32 Å². The molecule has 2 nitrogen and oxygen atoms in total. The van der Waals surface area contributed by atoms with Crippen molar-refractivity contribution >= 4 is 38.9 Å². The molecular formula is C12H10BrNOS. The molecule has 0 fully saturated rings. The van der Waals surface area contributed by atoms with Crippen molar-refractivity contribution in [1.82, 2.24) is 0 Å². The number of hydrogen-bond acceptors (Lipinski definition) is 2. The highest BCUT2D eigenvalue weighted by atomic mass is 79.9. The monoisotopic (exact) mass is 295 g/mol. The molecule has 0 saturated carbocycles. The van der Waals surface area contributed by atoms with E-state index in [-0.39, 0.29) is 5.91 Å². The normalized spacial score (nSPS) is 10.1. The average molecular weight is 296 g/mol. The lowest BCUT2D eigenvalue weighted by Gasteiger charge is -2.06. The van der Waals surface area contributed by atoms with Gasteiger partial charge in [0.15, 0.2) is 0 Å². The van der Waals surface area contributed by atoms with E-state index in [1.165, 1.54) is 0 Å². The third-order valence-corrected chi connectivity index (χ3v) is 3.40. The molecule has 4 heteroatoms. The van der Waals surface area contributed by atoms with Crippen LogP contribution in [-0.4, -0.2) is 5.91 Å². The highest BCUT2D eigenvalue weighted by Gasteiger charge is 2.09. The minimum absolute atomic E-state index is 0.0720. The number of nitrogens with one attached hydrogen (secondary N) is 1. The van der Waals surface area contributed by atoms with E-state index >= 15 is 0 Å². The maximum atomic E-state index is 12.0. The fourth-order valence-electron chi connectivity index (χ4n) is 1.37.